The van der Waals surface area contributed by atoms with E-state index in [-0.39, 0.29) is 12.4 Å². The number of rotatable bonds is 3. The summed E-state index contributed by atoms with van der Waals surface area (Å²) in [6, 6.07) is 0. The molecule has 5 nitrogen and oxygen atoms in total. The second kappa shape index (κ2) is 6.61. The highest BCUT2D eigenvalue weighted by Gasteiger charge is 2.13. The van der Waals surface area contributed by atoms with Crippen LogP contribution in [0.15, 0.2) is 6.20 Å². The minimum atomic E-state index is 0. The van der Waals surface area contributed by atoms with Crippen molar-refractivity contribution >= 4 is 18.2 Å². The van der Waals surface area contributed by atoms with E-state index in [1.54, 1.807) is 0 Å². The van der Waals surface area contributed by atoms with Crippen LogP contribution >= 0.6 is 12.4 Å². The van der Waals surface area contributed by atoms with Crippen LogP contribution in [0.3, 0.4) is 0 Å². The molecule has 0 saturated carbocycles. The Morgan fingerprint density at radius 3 is 3.12 bits per heavy atom. The predicted octanol–water partition coefficient (Wildman–Crippen LogP) is 1.23. The molecule has 2 heterocycles. The number of nitrogens with zero attached hydrogens (tertiary/aromatic N) is 3. The van der Waals surface area contributed by atoms with E-state index in [9.17, 15) is 0 Å². The Hall–Kier alpha value is -1.07. The van der Waals surface area contributed by atoms with Gasteiger partial charge < -0.3 is 15.0 Å². The third-order valence-corrected chi connectivity index (χ3v) is 2.56. The molecule has 1 aromatic heterocycles. The van der Waals surface area contributed by atoms with E-state index < -0.39 is 0 Å². The predicted molar refractivity (Wildman–Crippen MR) is 70.0 cm³/mol. The molecule has 0 amide bonds. The molecule has 1 aliphatic heterocycles. The van der Waals surface area contributed by atoms with Crippen LogP contribution in [0.5, 0.6) is 5.88 Å². The molecule has 17 heavy (non-hydrogen) atoms. The fraction of sp³-hybridized carbons (Fsp3) is 0.636. The summed E-state index contributed by atoms with van der Waals surface area (Å²) < 4.78 is 5.55. The Morgan fingerprint density at radius 1 is 1.53 bits per heavy atom. The molecule has 0 atom stereocenters. The summed E-state index contributed by atoms with van der Waals surface area (Å²) in [5.74, 6) is 1.55. The number of hydrogen-bond donors (Lipinski definition) is 1. The summed E-state index contributed by atoms with van der Waals surface area (Å²) in [5, 5.41) is 3.24. The zero-order valence-corrected chi connectivity index (χ0v) is 11.1. The maximum Gasteiger partial charge on any atom is 0.239 e. The summed E-state index contributed by atoms with van der Waals surface area (Å²) in [6.45, 7) is 5.36. The first kappa shape index (κ1) is 14.0. The summed E-state index contributed by atoms with van der Waals surface area (Å²) in [5.41, 5.74) is 0.895. The Balaban J connectivity index is 0.00000144. The van der Waals surface area contributed by atoms with E-state index in [1.807, 2.05) is 13.2 Å². The van der Waals surface area contributed by atoms with E-state index >= 15 is 0 Å². The zero-order chi connectivity index (χ0) is 11.4. The number of fused-ring (bicyclic) bond motifs is 1. The standard InChI is InChI=1S/C11H18N4O.ClH/c1-3-5-15(2)10-8-13-9-7-12-4-6-16-11(9)14-10;/h8,12H,3-7H2,1-2H3;1H. The van der Waals surface area contributed by atoms with Gasteiger partial charge in [-0.1, -0.05) is 6.92 Å². The van der Waals surface area contributed by atoms with Gasteiger partial charge in [-0.05, 0) is 6.42 Å². The van der Waals surface area contributed by atoms with Gasteiger partial charge in [0, 0.05) is 26.7 Å². The fourth-order valence-corrected chi connectivity index (χ4v) is 1.69. The van der Waals surface area contributed by atoms with E-state index in [4.69, 9.17) is 4.74 Å². The minimum Gasteiger partial charge on any atom is -0.475 e. The van der Waals surface area contributed by atoms with E-state index in [0.29, 0.717) is 12.5 Å². The second-order valence-electron chi connectivity index (χ2n) is 3.93. The van der Waals surface area contributed by atoms with Crippen LogP contribution in [0.2, 0.25) is 0 Å². The molecular weight excluding hydrogens is 240 g/mol. The molecule has 0 aliphatic carbocycles. The van der Waals surface area contributed by atoms with Gasteiger partial charge in [0.2, 0.25) is 5.88 Å². The van der Waals surface area contributed by atoms with Crippen molar-refractivity contribution in [3.8, 4) is 5.88 Å². The second-order valence-corrected chi connectivity index (χ2v) is 3.93. The van der Waals surface area contributed by atoms with Gasteiger partial charge in [-0.15, -0.1) is 12.4 Å². The van der Waals surface area contributed by atoms with Crippen LogP contribution in [0.25, 0.3) is 0 Å². The Labute approximate surface area is 108 Å². The maximum atomic E-state index is 5.55. The number of nitrogens with one attached hydrogen (secondary N) is 1. The Bertz CT molecular complexity index is 361. The van der Waals surface area contributed by atoms with Crippen molar-refractivity contribution < 1.29 is 4.74 Å². The van der Waals surface area contributed by atoms with Gasteiger partial charge in [0.1, 0.15) is 12.3 Å². The van der Waals surface area contributed by atoms with Gasteiger partial charge in [0.05, 0.1) is 6.20 Å². The van der Waals surface area contributed by atoms with Crippen LogP contribution in [0.1, 0.15) is 19.0 Å². The van der Waals surface area contributed by atoms with Gasteiger partial charge in [-0.25, -0.2) is 0 Å². The molecule has 0 saturated heterocycles. The Kier molecular flexibility index (Phi) is 5.44. The maximum absolute atomic E-state index is 5.55. The SMILES string of the molecule is CCCN(C)c1cnc2c(n1)OCCNC2.Cl. The quantitative estimate of drug-likeness (QED) is 0.884. The van der Waals surface area contributed by atoms with Gasteiger partial charge in [-0.2, -0.15) is 4.98 Å². The van der Waals surface area contributed by atoms with Crippen molar-refractivity contribution in [3.63, 3.8) is 0 Å². The summed E-state index contributed by atoms with van der Waals surface area (Å²) in [6.07, 6.45) is 2.91. The number of ether oxygens (including phenoxy) is 1. The van der Waals surface area contributed by atoms with Gasteiger partial charge in [0.15, 0.2) is 5.82 Å². The minimum absolute atomic E-state index is 0. The lowest BCUT2D eigenvalue weighted by atomic mass is 10.4. The normalized spacial score (nSPS) is 14.0. The number of aromatic nitrogens is 2. The highest BCUT2D eigenvalue weighted by molar-refractivity contribution is 5.85. The van der Waals surface area contributed by atoms with Crippen LogP contribution in [0.4, 0.5) is 5.82 Å². The number of hydrogen-bond acceptors (Lipinski definition) is 5. The van der Waals surface area contributed by atoms with E-state index in [0.717, 1.165) is 37.6 Å². The molecule has 0 unspecified atom stereocenters. The molecule has 0 aromatic carbocycles. The molecule has 2 rings (SSSR count). The van der Waals surface area contributed by atoms with Gasteiger partial charge in [0.25, 0.3) is 0 Å². The van der Waals surface area contributed by atoms with Crippen molar-refractivity contribution in [1.82, 2.24) is 15.3 Å². The van der Waals surface area contributed by atoms with Crippen LogP contribution < -0.4 is 15.0 Å². The smallest absolute Gasteiger partial charge is 0.239 e. The lowest BCUT2D eigenvalue weighted by Gasteiger charge is -2.17. The van der Waals surface area contributed by atoms with Crippen molar-refractivity contribution in [3.05, 3.63) is 11.9 Å². The van der Waals surface area contributed by atoms with Crippen molar-refractivity contribution in [2.24, 2.45) is 0 Å². The summed E-state index contributed by atoms with van der Waals surface area (Å²) in [4.78, 5) is 11.0. The number of halogens is 1. The first-order valence-electron chi connectivity index (χ1n) is 5.72. The first-order valence-corrected chi connectivity index (χ1v) is 5.72. The molecule has 1 N–H and O–H groups in total. The molecule has 1 aromatic rings. The van der Waals surface area contributed by atoms with Crippen molar-refractivity contribution in [2.45, 2.75) is 19.9 Å². The highest BCUT2D eigenvalue weighted by Crippen LogP contribution is 2.19. The summed E-state index contributed by atoms with van der Waals surface area (Å²) >= 11 is 0. The van der Waals surface area contributed by atoms with Crippen LogP contribution in [0, 0.1) is 0 Å². The molecule has 6 heteroatoms. The molecule has 0 fully saturated rings. The van der Waals surface area contributed by atoms with E-state index in [1.165, 1.54) is 0 Å². The molecule has 96 valence electrons. The number of anilines is 1. The van der Waals surface area contributed by atoms with Crippen LogP contribution in [-0.4, -0.2) is 36.7 Å². The third-order valence-electron chi connectivity index (χ3n) is 2.56. The average molecular weight is 259 g/mol. The molecular formula is C11H19ClN4O. The van der Waals surface area contributed by atoms with Gasteiger partial charge in [-0.3, -0.25) is 4.98 Å². The van der Waals surface area contributed by atoms with Gasteiger partial charge >= 0.3 is 0 Å². The zero-order valence-electron chi connectivity index (χ0n) is 10.3. The monoisotopic (exact) mass is 258 g/mol. The van der Waals surface area contributed by atoms with Crippen molar-refractivity contribution in [2.75, 3.05) is 31.6 Å². The molecule has 0 bridgehead atoms. The average Bonchev–Trinajstić information content (AvgIpc) is 2.53. The van der Waals surface area contributed by atoms with Crippen LogP contribution in [-0.2, 0) is 6.54 Å². The highest BCUT2D eigenvalue weighted by atomic mass is 35.5. The van der Waals surface area contributed by atoms with Crippen molar-refractivity contribution in [1.29, 1.82) is 0 Å². The lowest BCUT2D eigenvalue weighted by molar-refractivity contribution is 0.313. The topological polar surface area (TPSA) is 50.3 Å². The lowest BCUT2D eigenvalue weighted by Crippen LogP contribution is -2.20. The molecule has 0 radical (unpaired) electrons. The third kappa shape index (κ3) is 3.44. The first-order chi connectivity index (χ1) is 7.81. The molecule has 1 aliphatic rings. The Morgan fingerprint density at radius 2 is 2.35 bits per heavy atom. The van der Waals surface area contributed by atoms with E-state index in [2.05, 4.69) is 27.1 Å². The fourth-order valence-electron chi connectivity index (χ4n) is 1.69. The molecule has 0 spiro atoms. The summed E-state index contributed by atoms with van der Waals surface area (Å²) in [7, 11) is 2.02. The largest absolute Gasteiger partial charge is 0.475 e.